The molecule has 0 fully saturated rings. The fourth-order valence-electron chi connectivity index (χ4n) is 1.13. The molecule has 0 aromatic rings. The van der Waals surface area contributed by atoms with E-state index < -0.39 is 5.60 Å². The molecule has 0 aromatic carbocycles. The molecule has 3 nitrogen and oxygen atoms in total. The number of likely N-dealkylation sites (N-methyl/N-ethyl adjacent to an activating group) is 1. The molecule has 0 bridgehead atoms. The van der Waals surface area contributed by atoms with Crippen LogP contribution in [0.2, 0.25) is 0 Å². The van der Waals surface area contributed by atoms with Gasteiger partial charge in [-0.15, -0.1) is 0 Å². The van der Waals surface area contributed by atoms with Crippen molar-refractivity contribution in [3.8, 4) is 0 Å². The molecule has 0 saturated heterocycles. The maximum Gasteiger partial charge on any atom is 0.146 e. The normalized spacial score (nSPS) is 12.2. The fraction of sp³-hybridized carbons (Fsp3) is 0.889. The number of rotatable bonds is 5. The Labute approximate surface area is 74.4 Å². The van der Waals surface area contributed by atoms with Crippen molar-refractivity contribution in [3.63, 3.8) is 0 Å². The maximum absolute atomic E-state index is 11.0. The standard InChI is InChI=1S/C9H19NO2/c1-5-8(11)6-10(4)7-9(2,3)12/h12H,5-7H2,1-4H3. The van der Waals surface area contributed by atoms with Crippen molar-refractivity contribution in [2.45, 2.75) is 32.8 Å². The summed E-state index contributed by atoms with van der Waals surface area (Å²) in [6, 6.07) is 0. The summed E-state index contributed by atoms with van der Waals surface area (Å²) in [4.78, 5) is 12.8. The minimum atomic E-state index is -0.719. The number of hydrogen-bond acceptors (Lipinski definition) is 3. The first-order valence-corrected chi connectivity index (χ1v) is 4.28. The lowest BCUT2D eigenvalue weighted by Crippen LogP contribution is -2.38. The topological polar surface area (TPSA) is 40.5 Å². The molecule has 0 aliphatic rings. The molecule has 0 atom stereocenters. The van der Waals surface area contributed by atoms with Crippen LogP contribution in [0.15, 0.2) is 0 Å². The van der Waals surface area contributed by atoms with Crippen molar-refractivity contribution in [1.29, 1.82) is 0 Å². The summed E-state index contributed by atoms with van der Waals surface area (Å²) >= 11 is 0. The fourth-order valence-corrected chi connectivity index (χ4v) is 1.13. The van der Waals surface area contributed by atoms with Crippen LogP contribution in [0.1, 0.15) is 27.2 Å². The van der Waals surface area contributed by atoms with Crippen LogP contribution in [0.5, 0.6) is 0 Å². The second kappa shape index (κ2) is 4.58. The van der Waals surface area contributed by atoms with Crippen LogP contribution >= 0.6 is 0 Å². The average molecular weight is 173 g/mol. The highest BCUT2D eigenvalue weighted by Gasteiger charge is 2.16. The third-order valence-corrected chi connectivity index (χ3v) is 1.50. The second-order valence-electron chi connectivity index (χ2n) is 3.88. The average Bonchev–Trinajstić information content (AvgIpc) is 1.82. The molecular weight excluding hydrogens is 154 g/mol. The number of Topliss-reactive ketones (excluding diaryl/α,β-unsaturated/α-hetero) is 1. The van der Waals surface area contributed by atoms with Crippen LogP contribution in [0.4, 0.5) is 0 Å². The predicted molar refractivity (Wildman–Crippen MR) is 49.1 cm³/mol. The molecule has 0 radical (unpaired) electrons. The van der Waals surface area contributed by atoms with E-state index in [0.29, 0.717) is 19.5 Å². The molecule has 0 heterocycles. The van der Waals surface area contributed by atoms with Crippen molar-refractivity contribution in [2.75, 3.05) is 20.1 Å². The molecule has 0 aliphatic carbocycles. The van der Waals surface area contributed by atoms with Gasteiger partial charge in [-0.3, -0.25) is 9.69 Å². The van der Waals surface area contributed by atoms with Gasteiger partial charge in [-0.2, -0.15) is 0 Å². The quantitative estimate of drug-likeness (QED) is 0.664. The molecule has 0 rings (SSSR count). The van der Waals surface area contributed by atoms with Gasteiger partial charge in [-0.25, -0.2) is 0 Å². The largest absolute Gasteiger partial charge is 0.389 e. The summed E-state index contributed by atoms with van der Waals surface area (Å²) < 4.78 is 0. The lowest BCUT2D eigenvalue weighted by molar-refractivity contribution is -0.120. The molecule has 0 aromatic heterocycles. The predicted octanol–water partition coefficient (Wildman–Crippen LogP) is 0.668. The van der Waals surface area contributed by atoms with Gasteiger partial charge in [0.05, 0.1) is 12.1 Å². The highest BCUT2D eigenvalue weighted by atomic mass is 16.3. The third kappa shape index (κ3) is 6.31. The Balaban J connectivity index is 3.74. The highest BCUT2D eigenvalue weighted by Crippen LogP contribution is 2.02. The van der Waals surface area contributed by atoms with E-state index in [2.05, 4.69) is 0 Å². The number of ketones is 1. The van der Waals surface area contributed by atoms with Gasteiger partial charge in [-0.1, -0.05) is 6.92 Å². The minimum Gasteiger partial charge on any atom is -0.389 e. The van der Waals surface area contributed by atoms with Gasteiger partial charge in [0.2, 0.25) is 0 Å². The molecule has 12 heavy (non-hydrogen) atoms. The van der Waals surface area contributed by atoms with Crippen LogP contribution in [0.3, 0.4) is 0 Å². The molecule has 1 N–H and O–H groups in total. The van der Waals surface area contributed by atoms with Gasteiger partial charge in [0, 0.05) is 13.0 Å². The van der Waals surface area contributed by atoms with Crippen molar-refractivity contribution < 1.29 is 9.90 Å². The van der Waals surface area contributed by atoms with E-state index >= 15 is 0 Å². The summed E-state index contributed by atoms with van der Waals surface area (Å²) in [7, 11) is 1.84. The Morgan fingerprint density at radius 1 is 1.50 bits per heavy atom. The van der Waals surface area contributed by atoms with Crippen LogP contribution in [-0.4, -0.2) is 41.5 Å². The number of hydrogen-bond donors (Lipinski definition) is 1. The second-order valence-corrected chi connectivity index (χ2v) is 3.88. The van der Waals surface area contributed by atoms with E-state index in [9.17, 15) is 9.90 Å². The smallest absolute Gasteiger partial charge is 0.146 e. The molecule has 0 amide bonds. The van der Waals surface area contributed by atoms with Crippen LogP contribution < -0.4 is 0 Å². The van der Waals surface area contributed by atoms with E-state index in [1.807, 2.05) is 18.9 Å². The lowest BCUT2D eigenvalue weighted by Gasteiger charge is -2.24. The monoisotopic (exact) mass is 173 g/mol. The van der Waals surface area contributed by atoms with E-state index in [1.165, 1.54) is 0 Å². The number of nitrogens with zero attached hydrogens (tertiary/aromatic N) is 1. The molecule has 3 heteroatoms. The summed E-state index contributed by atoms with van der Waals surface area (Å²) in [6.07, 6.45) is 0.566. The summed E-state index contributed by atoms with van der Waals surface area (Å²) in [5, 5.41) is 9.42. The molecule has 0 saturated carbocycles. The Bertz CT molecular complexity index is 149. The summed E-state index contributed by atoms with van der Waals surface area (Å²) in [5.41, 5.74) is -0.719. The molecule has 72 valence electrons. The van der Waals surface area contributed by atoms with Gasteiger partial charge in [0.25, 0.3) is 0 Å². The van der Waals surface area contributed by atoms with E-state index in [0.717, 1.165) is 0 Å². The highest BCUT2D eigenvalue weighted by molar-refractivity contribution is 5.80. The number of carbonyl (C=O) groups is 1. The number of carbonyl (C=O) groups excluding carboxylic acids is 1. The lowest BCUT2D eigenvalue weighted by atomic mass is 10.1. The summed E-state index contributed by atoms with van der Waals surface area (Å²) in [5.74, 6) is 0.210. The Morgan fingerprint density at radius 2 is 2.00 bits per heavy atom. The van der Waals surface area contributed by atoms with E-state index in [1.54, 1.807) is 13.8 Å². The zero-order chi connectivity index (χ0) is 9.78. The first-order chi connectivity index (χ1) is 5.35. The van der Waals surface area contributed by atoms with Crippen molar-refractivity contribution in [2.24, 2.45) is 0 Å². The van der Waals surface area contributed by atoms with Crippen LogP contribution in [0, 0.1) is 0 Å². The Hall–Kier alpha value is -0.410. The van der Waals surface area contributed by atoms with Crippen molar-refractivity contribution >= 4 is 5.78 Å². The van der Waals surface area contributed by atoms with Gasteiger partial charge < -0.3 is 5.11 Å². The Morgan fingerprint density at radius 3 is 2.33 bits per heavy atom. The van der Waals surface area contributed by atoms with Gasteiger partial charge in [0.15, 0.2) is 0 Å². The first-order valence-electron chi connectivity index (χ1n) is 4.28. The SMILES string of the molecule is CCC(=O)CN(C)CC(C)(C)O. The summed E-state index contributed by atoms with van der Waals surface area (Å²) in [6.45, 7) is 6.28. The number of aliphatic hydroxyl groups is 1. The maximum atomic E-state index is 11.0. The molecule has 0 unspecified atom stereocenters. The molecular formula is C9H19NO2. The van der Waals surface area contributed by atoms with Gasteiger partial charge in [0.1, 0.15) is 5.78 Å². The van der Waals surface area contributed by atoms with Crippen molar-refractivity contribution in [3.05, 3.63) is 0 Å². The zero-order valence-corrected chi connectivity index (χ0v) is 8.42. The van der Waals surface area contributed by atoms with E-state index in [4.69, 9.17) is 0 Å². The van der Waals surface area contributed by atoms with Crippen LogP contribution in [-0.2, 0) is 4.79 Å². The van der Waals surface area contributed by atoms with Crippen molar-refractivity contribution in [1.82, 2.24) is 4.90 Å². The Kier molecular flexibility index (Phi) is 4.42. The first kappa shape index (κ1) is 11.6. The van der Waals surface area contributed by atoms with Gasteiger partial charge >= 0.3 is 0 Å². The molecule has 0 aliphatic heterocycles. The third-order valence-electron chi connectivity index (χ3n) is 1.50. The molecule has 0 spiro atoms. The van der Waals surface area contributed by atoms with E-state index in [-0.39, 0.29) is 5.78 Å². The zero-order valence-electron chi connectivity index (χ0n) is 8.42. The minimum absolute atomic E-state index is 0.210. The van der Waals surface area contributed by atoms with Crippen LogP contribution in [0.25, 0.3) is 0 Å². The van der Waals surface area contributed by atoms with Gasteiger partial charge in [-0.05, 0) is 20.9 Å².